The van der Waals surface area contributed by atoms with Crippen LogP contribution in [0.25, 0.3) is 0 Å². The first-order valence-electron chi connectivity index (χ1n) is 15.9. The fourth-order valence-electron chi connectivity index (χ4n) is 7.59. The summed E-state index contributed by atoms with van der Waals surface area (Å²) in [7, 11) is -5.37. The van der Waals surface area contributed by atoms with Crippen LogP contribution in [0.4, 0.5) is 13.2 Å². The smallest absolute Gasteiger partial charge is 0.351 e. The van der Waals surface area contributed by atoms with Crippen LogP contribution in [0.3, 0.4) is 0 Å². The summed E-state index contributed by atoms with van der Waals surface area (Å²) in [6.07, 6.45) is 4.08. The number of unbranched alkanes of at least 4 members (excludes halogenated alkanes) is 1. The molecule has 3 aliphatic rings. The minimum atomic E-state index is -5.37. The minimum absolute atomic E-state index is 0.0176. The Kier molecular flexibility index (Phi) is 11.6. The Morgan fingerprint density at radius 1 is 0.935 bits per heavy atom. The Labute approximate surface area is 279 Å². The van der Waals surface area contributed by atoms with Crippen LogP contribution >= 0.6 is 23.2 Å². The molecule has 0 radical (unpaired) electrons. The number of nitrogens with two attached hydrogens (primary N) is 1. The molecule has 5 rings (SSSR count). The molecule has 0 spiro atoms. The fraction of sp³-hybridized carbons (Fsp3) is 0.594. The van der Waals surface area contributed by atoms with Crippen LogP contribution in [0, 0.1) is 11.8 Å². The van der Waals surface area contributed by atoms with Crippen molar-refractivity contribution in [3.8, 4) is 0 Å². The number of fused-ring (bicyclic) bond motifs is 1. The van der Waals surface area contributed by atoms with Crippen molar-refractivity contribution in [3.05, 3.63) is 69.7 Å². The van der Waals surface area contributed by atoms with Crippen molar-refractivity contribution in [3.63, 3.8) is 0 Å². The molecule has 0 bridgehead atoms. The summed E-state index contributed by atoms with van der Waals surface area (Å²) in [4.78, 5) is 13.1. The van der Waals surface area contributed by atoms with E-state index in [9.17, 15) is 26.4 Å². The van der Waals surface area contributed by atoms with Crippen LogP contribution in [0.15, 0.2) is 48.5 Å². The van der Waals surface area contributed by atoms with E-state index >= 15 is 0 Å². The second kappa shape index (κ2) is 15.1. The maximum absolute atomic E-state index is 13.2. The summed E-state index contributed by atoms with van der Waals surface area (Å²) in [5.74, 6) is 0.157. The van der Waals surface area contributed by atoms with E-state index in [-0.39, 0.29) is 80.2 Å². The molecule has 5 unspecified atom stereocenters. The van der Waals surface area contributed by atoms with Gasteiger partial charge in [-0.1, -0.05) is 47.5 Å². The second-order valence-corrected chi connectivity index (χ2v) is 15.5. The molecule has 1 amide bonds. The number of benzene rings is 2. The van der Waals surface area contributed by atoms with Gasteiger partial charge in [-0.25, -0.2) is 8.42 Å². The molecule has 2 aromatic carbocycles. The Morgan fingerprint density at radius 3 is 2.07 bits per heavy atom. The lowest BCUT2D eigenvalue weighted by Crippen LogP contribution is -2.67. The summed E-state index contributed by atoms with van der Waals surface area (Å²) >= 11 is 12.5. The molecule has 3 fully saturated rings. The number of piperidine rings is 2. The van der Waals surface area contributed by atoms with Gasteiger partial charge in [0.05, 0.1) is 0 Å². The van der Waals surface area contributed by atoms with Gasteiger partial charge in [-0.2, -0.15) is 17.5 Å². The molecule has 8 nitrogen and oxygen atoms in total. The highest BCUT2D eigenvalue weighted by atomic mass is 35.5. The predicted octanol–water partition coefficient (Wildman–Crippen LogP) is 5.01. The molecule has 0 aromatic heterocycles. The van der Waals surface area contributed by atoms with Crippen molar-refractivity contribution in [2.45, 2.75) is 80.5 Å². The Bertz CT molecular complexity index is 1380. The van der Waals surface area contributed by atoms with Crippen LogP contribution in [-0.2, 0) is 14.8 Å². The number of hydrogen-bond acceptors (Lipinski definition) is 6. The van der Waals surface area contributed by atoms with Crippen LogP contribution in [0.5, 0.6) is 0 Å². The van der Waals surface area contributed by atoms with Gasteiger partial charge in [-0.05, 0) is 98.8 Å². The van der Waals surface area contributed by atoms with E-state index in [2.05, 4.69) is 40.2 Å². The van der Waals surface area contributed by atoms with Gasteiger partial charge < -0.3 is 21.7 Å². The standard InChI is InChI=1S/C32H42Cl2F3N5O3S/c33-23-7-3-20(4-8-23)30(21-5-9-24(34)10-6-21)22-17-26-27(19-29(43)41-31(26)28(18-22)39-14-2-1-13-38)40-25-11-15-42(16-12-25)46(44,45)32(35,36)37/h3-10,22,25-28,30-31,39-40H,1-2,11-19,38H2,(H,41,43). The normalized spacial score (nSPS) is 26.6. The lowest BCUT2D eigenvalue weighted by molar-refractivity contribution is -0.127. The lowest BCUT2D eigenvalue weighted by Gasteiger charge is -2.51. The molecule has 1 aliphatic carbocycles. The minimum Gasteiger partial charge on any atom is -0.351 e. The number of nitrogens with zero attached hydrogens (tertiary/aromatic N) is 1. The molecular formula is C32H42Cl2F3N5O3S. The van der Waals surface area contributed by atoms with Crippen molar-refractivity contribution in [1.82, 2.24) is 20.3 Å². The maximum Gasteiger partial charge on any atom is 0.511 e. The number of rotatable bonds is 11. The number of carbonyl (C=O) groups is 1. The highest BCUT2D eigenvalue weighted by Crippen LogP contribution is 2.45. The molecule has 2 heterocycles. The molecule has 14 heteroatoms. The second-order valence-electron chi connectivity index (χ2n) is 12.7. The van der Waals surface area contributed by atoms with E-state index in [4.69, 9.17) is 28.9 Å². The maximum atomic E-state index is 13.2. The van der Waals surface area contributed by atoms with Gasteiger partial charge in [0.1, 0.15) is 0 Å². The third-order valence-electron chi connectivity index (χ3n) is 9.78. The summed E-state index contributed by atoms with van der Waals surface area (Å²) in [6, 6.07) is 15.2. The summed E-state index contributed by atoms with van der Waals surface area (Å²) in [5, 5.41) is 11.9. The van der Waals surface area contributed by atoms with E-state index in [1.54, 1.807) is 0 Å². The number of nitrogens with one attached hydrogen (secondary N) is 3. The van der Waals surface area contributed by atoms with Crippen LogP contribution in [0.2, 0.25) is 10.0 Å². The first-order chi connectivity index (χ1) is 21.9. The van der Waals surface area contributed by atoms with Gasteiger partial charge in [0.25, 0.3) is 0 Å². The molecule has 5 N–H and O–H groups in total. The van der Waals surface area contributed by atoms with Crippen molar-refractivity contribution in [2.75, 3.05) is 26.2 Å². The Balaban J connectivity index is 1.41. The van der Waals surface area contributed by atoms with Crippen molar-refractivity contribution < 1.29 is 26.4 Å². The molecule has 1 saturated carbocycles. The summed E-state index contributed by atoms with van der Waals surface area (Å²) in [6.45, 7) is 0.901. The highest BCUT2D eigenvalue weighted by Gasteiger charge is 2.51. The number of amides is 1. The number of carbonyl (C=O) groups excluding carboxylic acids is 1. The summed E-state index contributed by atoms with van der Waals surface area (Å²) in [5.41, 5.74) is 2.67. The van der Waals surface area contributed by atoms with Gasteiger partial charge in [0.2, 0.25) is 5.91 Å². The van der Waals surface area contributed by atoms with E-state index in [0.29, 0.717) is 20.9 Å². The van der Waals surface area contributed by atoms with E-state index in [0.717, 1.165) is 43.4 Å². The molecule has 2 aromatic rings. The van der Waals surface area contributed by atoms with Crippen molar-refractivity contribution in [1.29, 1.82) is 0 Å². The SMILES string of the molecule is NCCCCNC1CC(C(c2ccc(Cl)cc2)c2ccc(Cl)cc2)CC2C(NC3CCN(S(=O)(=O)C(F)(F)F)CC3)CC(=O)NC12. The van der Waals surface area contributed by atoms with Gasteiger partial charge >= 0.3 is 15.5 Å². The zero-order valence-corrected chi connectivity index (χ0v) is 27.8. The number of sulfonamides is 1. The van der Waals surface area contributed by atoms with Gasteiger partial charge in [0, 0.05) is 59.6 Å². The Hall–Kier alpha value is -1.93. The lowest BCUT2D eigenvalue weighted by atomic mass is 9.64. The number of halogens is 5. The van der Waals surface area contributed by atoms with Crippen LogP contribution in [0.1, 0.15) is 62.0 Å². The van der Waals surface area contributed by atoms with E-state index < -0.39 is 15.5 Å². The predicted molar refractivity (Wildman–Crippen MR) is 174 cm³/mol. The molecule has 46 heavy (non-hydrogen) atoms. The van der Waals surface area contributed by atoms with Crippen molar-refractivity contribution >= 4 is 39.1 Å². The third-order valence-corrected chi connectivity index (χ3v) is 11.9. The quantitative estimate of drug-likeness (QED) is 0.245. The fourth-order valence-corrected chi connectivity index (χ4v) is 8.83. The average molecular weight is 705 g/mol. The zero-order chi connectivity index (χ0) is 33.1. The summed E-state index contributed by atoms with van der Waals surface area (Å²) < 4.78 is 63.9. The van der Waals surface area contributed by atoms with Crippen LogP contribution < -0.4 is 21.7 Å². The molecular weight excluding hydrogens is 662 g/mol. The molecule has 254 valence electrons. The zero-order valence-electron chi connectivity index (χ0n) is 25.5. The molecule has 2 saturated heterocycles. The van der Waals surface area contributed by atoms with Gasteiger partial charge in [0.15, 0.2) is 0 Å². The highest BCUT2D eigenvalue weighted by molar-refractivity contribution is 7.90. The number of hydrogen-bond donors (Lipinski definition) is 4. The number of alkyl halides is 3. The Morgan fingerprint density at radius 2 is 1.52 bits per heavy atom. The first-order valence-corrected chi connectivity index (χ1v) is 18.1. The van der Waals surface area contributed by atoms with Gasteiger partial charge in [-0.3, -0.25) is 4.79 Å². The van der Waals surface area contributed by atoms with E-state index in [1.807, 2.05) is 24.3 Å². The third kappa shape index (κ3) is 8.19. The first kappa shape index (κ1) is 35.4. The average Bonchev–Trinajstić information content (AvgIpc) is 3.01. The largest absolute Gasteiger partial charge is 0.511 e. The molecule has 5 atom stereocenters. The topological polar surface area (TPSA) is 117 Å². The molecule has 2 aliphatic heterocycles. The van der Waals surface area contributed by atoms with E-state index in [1.165, 1.54) is 0 Å². The van der Waals surface area contributed by atoms with Crippen molar-refractivity contribution in [2.24, 2.45) is 17.6 Å². The van der Waals surface area contributed by atoms with Crippen LogP contribution in [-0.4, -0.2) is 74.5 Å². The van der Waals surface area contributed by atoms with Gasteiger partial charge in [-0.15, -0.1) is 0 Å². The monoisotopic (exact) mass is 703 g/mol.